The maximum Gasteiger partial charge on any atom is 0.145 e. The van der Waals surface area contributed by atoms with Gasteiger partial charge in [0.2, 0.25) is 0 Å². The number of hydrogen-bond donors (Lipinski definition) is 1. The highest BCUT2D eigenvalue weighted by Crippen LogP contribution is 2.33. The molecule has 1 atom stereocenters. The zero-order valence-electron chi connectivity index (χ0n) is 12.6. The van der Waals surface area contributed by atoms with Crippen molar-refractivity contribution in [1.29, 1.82) is 0 Å². The van der Waals surface area contributed by atoms with Gasteiger partial charge in [-0.05, 0) is 34.5 Å². The highest BCUT2D eigenvalue weighted by atomic mass is 79.9. The van der Waals surface area contributed by atoms with Crippen LogP contribution >= 0.6 is 40.7 Å². The molecule has 0 aromatic heterocycles. The highest BCUT2D eigenvalue weighted by Gasteiger charge is 2.27. The van der Waals surface area contributed by atoms with Crippen LogP contribution in [0.15, 0.2) is 16.6 Å². The van der Waals surface area contributed by atoms with Crippen molar-refractivity contribution in [2.45, 2.75) is 32.2 Å². The summed E-state index contributed by atoms with van der Waals surface area (Å²) in [6.07, 6.45) is 2.79. The van der Waals surface area contributed by atoms with E-state index in [1.165, 1.54) is 12.1 Å². The maximum atomic E-state index is 14.4. The van der Waals surface area contributed by atoms with Gasteiger partial charge in [0.15, 0.2) is 0 Å². The standard InChI is InChI=1S/C15H21BrF2N2.2ClH/c1-2-3-4-13(20-9-7-19-8-10-20)14-12(17)6-5-11(16)15(14)18;;/h5-6,13,19H,2-4,7-10H2,1H3;2*1H/t13-;;/m1../s1. The zero-order valence-corrected chi connectivity index (χ0v) is 15.8. The first-order valence-corrected chi connectivity index (χ1v) is 8.02. The molecule has 2 nitrogen and oxygen atoms in total. The smallest absolute Gasteiger partial charge is 0.145 e. The van der Waals surface area contributed by atoms with E-state index < -0.39 is 11.6 Å². The van der Waals surface area contributed by atoms with Gasteiger partial charge in [-0.1, -0.05) is 19.8 Å². The monoisotopic (exact) mass is 418 g/mol. The van der Waals surface area contributed by atoms with Crippen molar-refractivity contribution in [3.63, 3.8) is 0 Å². The van der Waals surface area contributed by atoms with Crippen LogP contribution in [-0.2, 0) is 0 Å². The molecular weight excluding hydrogens is 397 g/mol. The fraction of sp³-hybridized carbons (Fsp3) is 0.600. The predicted octanol–water partition coefficient (Wildman–Crippen LogP) is 4.71. The fourth-order valence-corrected chi connectivity index (χ4v) is 3.09. The van der Waals surface area contributed by atoms with E-state index in [1.807, 2.05) is 0 Å². The second-order valence-corrected chi connectivity index (χ2v) is 6.06. The van der Waals surface area contributed by atoms with Crippen LogP contribution in [-0.4, -0.2) is 31.1 Å². The Kier molecular flexibility index (Phi) is 10.8. The summed E-state index contributed by atoms with van der Waals surface area (Å²) >= 11 is 3.17. The Morgan fingerprint density at radius 1 is 1.23 bits per heavy atom. The van der Waals surface area contributed by atoms with Gasteiger partial charge in [-0.3, -0.25) is 4.90 Å². The van der Waals surface area contributed by atoms with Gasteiger partial charge >= 0.3 is 0 Å². The van der Waals surface area contributed by atoms with Gasteiger partial charge in [0, 0.05) is 37.8 Å². The summed E-state index contributed by atoms with van der Waals surface area (Å²) in [5, 5.41) is 3.28. The first-order chi connectivity index (χ1) is 9.65. The Morgan fingerprint density at radius 2 is 1.86 bits per heavy atom. The second-order valence-electron chi connectivity index (χ2n) is 5.20. The van der Waals surface area contributed by atoms with Crippen LogP contribution in [0, 0.1) is 11.6 Å². The Hall–Kier alpha value is 0.0600. The average Bonchev–Trinajstić information content (AvgIpc) is 2.47. The summed E-state index contributed by atoms with van der Waals surface area (Å²) in [4.78, 5) is 2.19. The Morgan fingerprint density at radius 3 is 2.45 bits per heavy atom. The quantitative estimate of drug-likeness (QED) is 0.695. The number of halogens is 5. The van der Waals surface area contributed by atoms with E-state index >= 15 is 0 Å². The van der Waals surface area contributed by atoms with Gasteiger partial charge in [0.05, 0.1) is 4.47 Å². The number of piperazine rings is 1. The largest absolute Gasteiger partial charge is 0.314 e. The average molecular weight is 420 g/mol. The third kappa shape index (κ3) is 5.31. The summed E-state index contributed by atoms with van der Waals surface area (Å²) in [6.45, 7) is 5.52. The third-order valence-corrected chi connectivity index (χ3v) is 4.45. The fourth-order valence-electron chi connectivity index (χ4n) is 2.75. The molecule has 1 aliphatic heterocycles. The van der Waals surface area contributed by atoms with Crippen LogP contribution in [0.1, 0.15) is 37.8 Å². The number of nitrogens with one attached hydrogen (secondary N) is 1. The van der Waals surface area contributed by atoms with Crippen LogP contribution in [0.4, 0.5) is 8.78 Å². The Balaban J connectivity index is 0.00000220. The normalized spacial score (nSPS) is 16.5. The van der Waals surface area contributed by atoms with Crippen molar-refractivity contribution >= 4 is 40.7 Å². The van der Waals surface area contributed by atoms with E-state index in [-0.39, 0.29) is 36.4 Å². The number of hydrogen-bond acceptors (Lipinski definition) is 2. The van der Waals surface area contributed by atoms with Crippen LogP contribution in [0.5, 0.6) is 0 Å². The summed E-state index contributed by atoms with van der Waals surface area (Å²) in [5.74, 6) is -0.894. The highest BCUT2D eigenvalue weighted by molar-refractivity contribution is 9.10. The van der Waals surface area contributed by atoms with E-state index in [2.05, 4.69) is 33.1 Å². The molecule has 0 amide bonds. The Bertz CT molecular complexity index is 457. The zero-order chi connectivity index (χ0) is 14.5. The van der Waals surface area contributed by atoms with Gasteiger partial charge in [-0.15, -0.1) is 24.8 Å². The van der Waals surface area contributed by atoms with E-state index in [0.717, 1.165) is 45.4 Å². The van der Waals surface area contributed by atoms with Crippen LogP contribution < -0.4 is 5.32 Å². The van der Waals surface area contributed by atoms with Crippen molar-refractivity contribution in [2.24, 2.45) is 0 Å². The molecule has 1 aromatic carbocycles. The third-order valence-electron chi connectivity index (χ3n) is 3.84. The molecule has 1 aliphatic rings. The molecule has 0 spiro atoms. The first-order valence-electron chi connectivity index (χ1n) is 7.23. The molecule has 0 saturated carbocycles. The number of rotatable bonds is 5. The minimum Gasteiger partial charge on any atom is -0.314 e. The van der Waals surface area contributed by atoms with E-state index in [4.69, 9.17) is 0 Å². The molecular formula is C15H23BrCl2F2N2. The molecule has 0 bridgehead atoms. The van der Waals surface area contributed by atoms with Gasteiger partial charge in [-0.2, -0.15) is 0 Å². The van der Waals surface area contributed by atoms with Gasteiger partial charge in [0.25, 0.3) is 0 Å². The SMILES string of the molecule is CCCC[C@H](c1c(F)ccc(Br)c1F)N1CCNCC1.Cl.Cl. The summed E-state index contributed by atoms with van der Waals surface area (Å²) < 4.78 is 28.9. The summed E-state index contributed by atoms with van der Waals surface area (Å²) in [5.41, 5.74) is 0.217. The van der Waals surface area contributed by atoms with E-state index in [9.17, 15) is 8.78 Å². The molecule has 22 heavy (non-hydrogen) atoms. The molecule has 1 fully saturated rings. The molecule has 2 rings (SSSR count). The van der Waals surface area contributed by atoms with Crippen molar-refractivity contribution in [3.8, 4) is 0 Å². The van der Waals surface area contributed by atoms with E-state index in [0.29, 0.717) is 4.47 Å². The van der Waals surface area contributed by atoms with Crippen molar-refractivity contribution in [1.82, 2.24) is 10.2 Å². The van der Waals surface area contributed by atoms with Crippen molar-refractivity contribution in [2.75, 3.05) is 26.2 Å². The lowest BCUT2D eigenvalue weighted by molar-refractivity contribution is 0.156. The minimum absolute atomic E-state index is 0. The van der Waals surface area contributed by atoms with Gasteiger partial charge in [0.1, 0.15) is 11.6 Å². The molecule has 1 aromatic rings. The number of unbranched alkanes of at least 4 members (excludes halogenated alkanes) is 1. The van der Waals surface area contributed by atoms with Crippen LogP contribution in [0.25, 0.3) is 0 Å². The number of nitrogens with zero attached hydrogens (tertiary/aromatic N) is 1. The lowest BCUT2D eigenvalue weighted by atomic mass is 9.97. The maximum absolute atomic E-state index is 14.4. The lowest BCUT2D eigenvalue weighted by Crippen LogP contribution is -2.45. The lowest BCUT2D eigenvalue weighted by Gasteiger charge is -2.35. The molecule has 128 valence electrons. The predicted molar refractivity (Wildman–Crippen MR) is 95.3 cm³/mol. The molecule has 0 radical (unpaired) electrons. The van der Waals surface area contributed by atoms with Crippen molar-refractivity contribution < 1.29 is 8.78 Å². The Labute approximate surface area is 152 Å². The molecule has 1 N–H and O–H groups in total. The van der Waals surface area contributed by atoms with Gasteiger partial charge in [-0.25, -0.2) is 8.78 Å². The number of benzene rings is 1. The minimum atomic E-state index is -0.454. The first kappa shape index (κ1) is 22.1. The summed E-state index contributed by atoms with van der Waals surface area (Å²) in [6, 6.07) is 2.61. The van der Waals surface area contributed by atoms with Crippen molar-refractivity contribution in [3.05, 3.63) is 33.8 Å². The molecule has 0 unspecified atom stereocenters. The topological polar surface area (TPSA) is 15.3 Å². The molecule has 7 heteroatoms. The van der Waals surface area contributed by atoms with Crippen LogP contribution in [0.3, 0.4) is 0 Å². The second kappa shape index (κ2) is 10.8. The van der Waals surface area contributed by atoms with E-state index in [1.54, 1.807) is 0 Å². The van der Waals surface area contributed by atoms with Gasteiger partial charge < -0.3 is 5.32 Å². The molecule has 1 heterocycles. The molecule has 1 saturated heterocycles. The van der Waals surface area contributed by atoms with Crippen LogP contribution in [0.2, 0.25) is 0 Å². The molecule has 0 aliphatic carbocycles. The summed E-state index contributed by atoms with van der Waals surface area (Å²) in [7, 11) is 0.